The maximum atomic E-state index is 12.9. The SMILES string of the molecule is CC(C(=O)N[C@@H]1CCN(C(=O)[C@@]23CCC[C@@H]2C3)C1)c1c(Cl)cccc1Cl. The first-order valence-corrected chi connectivity index (χ1v) is 10.2. The number of hydrogen-bond donors (Lipinski definition) is 1. The summed E-state index contributed by atoms with van der Waals surface area (Å²) in [6, 6.07) is 5.27. The van der Waals surface area contributed by atoms with Gasteiger partial charge in [-0.05, 0) is 50.7 Å². The Hall–Kier alpha value is -1.26. The lowest BCUT2D eigenvalue weighted by Crippen LogP contribution is -2.42. The molecule has 0 bridgehead atoms. The Labute approximate surface area is 164 Å². The van der Waals surface area contributed by atoms with Crippen molar-refractivity contribution in [3.8, 4) is 0 Å². The molecule has 1 saturated heterocycles. The summed E-state index contributed by atoms with van der Waals surface area (Å²) in [6.07, 6.45) is 5.31. The molecule has 2 aliphatic carbocycles. The third kappa shape index (κ3) is 3.01. The van der Waals surface area contributed by atoms with Crippen LogP contribution >= 0.6 is 23.2 Å². The zero-order valence-electron chi connectivity index (χ0n) is 14.9. The van der Waals surface area contributed by atoms with Gasteiger partial charge in [0.05, 0.1) is 11.3 Å². The Kier molecular flexibility index (Phi) is 4.68. The zero-order valence-corrected chi connectivity index (χ0v) is 16.4. The van der Waals surface area contributed by atoms with Crippen molar-refractivity contribution in [2.24, 2.45) is 11.3 Å². The van der Waals surface area contributed by atoms with E-state index in [1.807, 2.05) is 11.8 Å². The quantitative estimate of drug-likeness (QED) is 0.838. The molecule has 1 unspecified atom stereocenters. The van der Waals surface area contributed by atoms with Gasteiger partial charge in [-0.1, -0.05) is 35.7 Å². The number of nitrogens with zero attached hydrogens (tertiary/aromatic N) is 1. The molecule has 1 N–H and O–H groups in total. The van der Waals surface area contributed by atoms with Gasteiger partial charge >= 0.3 is 0 Å². The highest BCUT2D eigenvalue weighted by Crippen LogP contribution is 2.64. The van der Waals surface area contributed by atoms with E-state index in [4.69, 9.17) is 23.2 Å². The zero-order chi connectivity index (χ0) is 18.5. The summed E-state index contributed by atoms with van der Waals surface area (Å²) in [4.78, 5) is 27.5. The average Bonchev–Trinajstić information content (AvgIpc) is 2.95. The van der Waals surface area contributed by atoms with Crippen molar-refractivity contribution >= 4 is 35.0 Å². The molecule has 6 heteroatoms. The topological polar surface area (TPSA) is 49.4 Å². The second-order valence-electron chi connectivity index (χ2n) is 8.05. The van der Waals surface area contributed by atoms with E-state index >= 15 is 0 Å². The molecule has 26 heavy (non-hydrogen) atoms. The standard InChI is InChI=1S/C20H24Cl2N2O2/c1-12(17-15(21)5-2-6-16(17)22)18(25)23-14-7-9-24(11-14)19(26)20-8-3-4-13(20)10-20/h2,5-6,12-14H,3-4,7-11H2,1H3,(H,23,25)/t12?,13-,14-,20-/m1/s1. The molecule has 1 aromatic rings. The van der Waals surface area contributed by atoms with Crippen molar-refractivity contribution in [1.29, 1.82) is 0 Å². The smallest absolute Gasteiger partial charge is 0.229 e. The van der Waals surface area contributed by atoms with Gasteiger partial charge < -0.3 is 10.2 Å². The minimum atomic E-state index is -0.429. The molecule has 3 fully saturated rings. The van der Waals surface area contributed by atoms with Gasteiger partial charge in [0.25, 0.3) is 0 Å². The number of rotatable bonds is 4. The highest BCUT2D eigenvalue weighted by atomic mass is 35.5. The van der Waals surface area contributed by atoms with E-state index in [1.165, 1.54) is 12.8 Å². The van der Waals surface area contributed by atoms with Crippen LogP contribution in [-0.2, 0) is 9.59 Å². The molecule has 2 amide bonds. The summed E-state index contributed by atoms with van der Waals surface area (Å²) in [5.41, 5.74) is 0.613. The number of nitrogens with one attached hydrogen (secondary N) is 1. The van der Waals surface area contributed by atoms with E-state index in [9.17, 15) is 9.59 Å². The number of amides is 2. The van der Waals surface area contributed by atoms with Crippen LogP contribution in [0.1, 0.15) is 50.5 Å². The van der Waals surface area contributed by atoms with Crippen molar-refractivity contribution in [2.45, 2.75) is 51.0 Å². The normalized spacial score (nSPS) is 30.8. The monoisotopic (exact) mass is 394 g/mol. The van der Waals surface area contributed by atoms with Crippen LogP contribution in [0.5, 0.6) is 0 Å². The molecule has 3 aliphatic rings. The lowest BCUT2D eigenvalue weighted by atomic mass is 9.99. The van der Waals surface area contributed by atoms with E-state index in [1.54, 1.807) is 18.2 Å². The minimum absolute atomic E-state index is 0.00478. The Morgan fingerprint density at radius 1 is 1.27 bits per heavy atom. The molecule has 4 atom stereocenters. The lowest BCUT2D eigenvalue weighted by molar-refractivity contribution is -0.136. The molecule has 1 aliphatic heterocycles. The second-order valence-corrected chi connectivity index (χ2v) is 8.87. The molecule has 140 valence electrons. The van der Waals surface area contributed by atoms with Crippen LogP contribution < -0.4 is 5.32 Å². The molecule has 0 aromatic heterocycles. The van der Waals surface area contributed by atoms with Crippen molar-refractivity contribution in [3.05, 3.63) is 33.8 Å². The first-order chi connectivity index (χ1) is 12.4. The van der Waals surface area contributed by atoms with Gasteiger partial charge in [-0.3, -0.25) is 9.59 Å². The number of fused-ring (bicyclic) bond motifs is 1. The summed E-state index contributed by atoms with van der Waals surface area (Å²) in [5, 5.41) is 4.09. The maximum absolute atomic E-state index is 12.9. The second kappa shape index (κ2) is 6.72. The summed E-state index contributed by atoms with van der Waals surface area (Å²) >= 11 is 12.5. The Morgan fingerprint density at radius 2 is 2.00 bits per heavy atom. The fourth-order valence-corrected chi connectivity index (χ4v) is 5.58. The van der Waals surface area contributed by atoms with Gasteiger partial charge in [-0.25, -0.2) is 0 Å². The fourth-order valence-electron chi connectivity index (χ4n) is 4.86. The Morgan fingerprint density at radius 3 is 2.62 bits per heavy atom. The predicted molar refractivity (Wildman–Crippen MR) is 102 cm³/mol. The number of likely N-dealkylation sites (tertiary alicyclic amines) is 1. The highest BCUT2D eigenvalue weighted by molar-refractivity contribution is 6.36. The number of hydrogen-bond acceptors (Lipinski definition) is 2. The molecule has 1 aromatic carbocycles. The number of benzene rings is 1. The minimum Gasteiger partial charge on any atom is -0.351 e. The molecule has 2 saturated carbocycles. The molecular weight excluding hydrogens is 371 g/mol. The van der Waals surface area contributed by atoms with Gasteiger partial charge in [0, 0.05) is 34.7 Å². The highest BCUT2D eigenvalue weighted by Gasteiger charge is 2.63. The van der Waals surface area contributed by atoms with Crippen molar-refractivity contribution < 1.29 is 9.59 Å². The van der Waals surface area contributed by atoms with Crippen LogP contribution in [0.4, 0.5) is 0 Å². The summed E-state index contributed by atoms with van der Waals surface area (Å²) in [7, 11) is 0. The van der Waals surface area contributed by atoms with Crippen LogP contribution in [0.25, 0.3) is 0 Å². The molecule has 1 heterocycles. The van der Waals surface area contributed by atoms with E-state index in [0.717, 1.165) is 25.8 Å². The molecular formula is C20H24Cl2N2O2. The third-order valence-electron chi connectivity index (χ3n) is 6.48. The summed E-state index contributed by atoms with van der Waals surface area (Å²) in [5.74, 6) is 0.412. The van der Waals surface area contributed by atoms with E-state index in [2.05, 4.69) is 5.32 Å². The molecule has 0 spiro atoms. The van der Waals surface area contributed by atoms with Gasteiger partial charge in [-0.15, -0.1) is 0 Å². The summed E-state index contributed by atoms with van der Waals surface area (Å²) in [6.45, 7) is 3.16. The van der Waals surface area contributed by atoms with Crippen molar-refractivity contribution in [2.75, 3.05) is 13.1 Å². The molecule has 4 nitrogen and oxygen atoms in total. The van der Waals surface area contributed by atoms with Crippen LogP contribution in [0.2, 0.25) is 10.0 Å². The third-order valence-corrected chi connectivity index (χ3v) is 7.14. The number of carbonyl (C=O) groups is 2. The molecule has 4 rings (SSSR count). The van der Waals surface area contributed by atoms with E-state index in [0.29, 0.717) is 34.0 Å². The average molecular weight is 395 g/mol. The van der Waals surface area contributed by atoms with Crippen molar-refractivity contribution in [1.82, 2.24) is 10.2 Å². The van der Waals surface area contributed by atoms with Crippen LogP contribution in [0, 0.1) is 11.3 Å². The number of carbonyl (C=O) groups excluding carboxylic acids is 2. The van der Waals surface area contributed by atoms with E-state index < -0.39 is 5.92 Å². The van der Waals surface area contributed by atoms with Gasteiger partial charge in [0.15, 0.2) is 0 Å². The Balaban J connectivity index is 1.36. The maximum Gasteiger partial charge on any atom is 0.229 e. The van der Waals surface area contributed by atoms with Crippen LogP contribution in [0.15, 0.2) is 18.2 Å². The summed E-state index contributed by atoms with van der Waals surface area (Å²) < 4.78 is 0. The molecule has 0 radical (unpaired) electrons. The van der Waals surface area contributed by atoms with Gasteiger partial charge in [0.2, 0.25) is 11.8 Å². The number of halogens is 2. The van der Waals surface area contributed by atoms with Gasteiger partial charge in [0.1, 0.15) is 0 Å². The predicted octanol–water partition coefficient (Wildman–Crippen LogP) is 4.00. The van der Waals surface area contributed by atoms with Gasteiger partial charge in [-0.2, -0.15) is 0 Å². The lowest BCUT2D eigenvalue weighted by Gasteiger charge is -2.23. The Bertz CT molecular complexity index is 733. The van der Waals surface area contributed by atoms with E-state index in [-0.39, 0.29) is 17.4 Å². The largest absolute Gasteiger partial charge is 0.351 e. The van der Waals surface area contributed by atoms with Crippen LogP contribution in [-0.4, -0.2) is 35.8 Å². The van der Waals surface area contributed by atoms with Crippen molar-refractivity contribution in [3.63, 3.8) is 0 Å². The first kappa shape index (κ1) is 18.1. The van der Waals surface area contributed by atoms with Crippen LogP contribution in [0.3, 0.4) is 0 Å². The fraction of sp³-hybridized carbons (Fsp3) is 0.600. The first-order valence-electron chi connectivity index (χ1n) is 9.46.